The van der Waals surface area contributed by atoms with Gasteiger partial charge in [0.1, 0.15) is 37.1 Å². The minimum Gasteiger partial charge on any atom is -0.481 e. The van der Waals surface area contributed by atoms with Crippen LogP contribution in [-0.2, 0) is 71.6 Å². The third-order valence-electron chi connectivity index (χ3n) is 8.59. The molecule has 14 N–H and O–H groups in total. The molecule has 3 unspecified atom stereocenters. The SMILES string of the molecule is O=C(O)CC(O)(CC(=O)OC[C@@]1(O[C@H]2O[C@H](CO)[C@@H](O)[C@H](O)[C@H]2O)O[C@H](CO)[C@@H](OC(=O)CC(O)(CC(=O)O)C(=O)O)[C@@H]1OC(=O)CC(O)(CC(=O)O)C(=O)O)C(=O)O. The normalized spacial score (nSPS) is 29.7. The van der Waals surface area contributed by atoms with Crippen LogP contribution in [0.2, 0.25) is 0 Å². The van der Waals surface area contributed by atoms with E-state index in [0.29, 0.717) is 0 Å². The lowest BCUT2D eigenvalue weighted by molar-refractivity contribution is -0.384. The van der Waals surface area contributed by atoms with E-state index in [2.05, 4.69) is 0 Å². The maximum Gasteiger partial charge on any atom is 0.336 e. The zero-order valence-electron chi connectivity index (χ0n) is 29.9. The maximum atomic E-state index is 13.3. The standard InChI is InChI=1S/C30H40O29/c31-7-10-18(42)19(43)20(44)23(55-10)59-30(9-54-15(39)4-27(51,24(45)46)1-12(33)34)22(57-17(41)6-29(53,26(49)50)3-14(37)38)21(11(8-32)58-30)56-16(40)5-28(52,25(47)48)2-13(35)36/h10-11,18-23,31-32,42-44,51-53H,1-9H2,(H,33,34)(H,35,36)(H,37,38)(H,45,46)(H,47,48)(H,49,50)/t10-,11-,18-,19+,20-,21-,22+,23-,27?,28?,29?,30+/m1/s1. The minimum atomic E-state index is -3.50. The van der Waals surface area contributed by atoms with Gasteiger partial charge in [-0.25, -0.2) is 14.4 Å². The Morgan fingerprint density at radius 3 is 1.34 bits per heavy atom. The van der Waals surface area contributed by atoms with E-state index < -0.39 is 184 Å². The highest BCUT2D eigenvalue weighted by atomic mass is 16.8. The number of esters is 3. The summed E-state index contributed by atoms with van der Waals surface area (Å²) in [7, 11) is 0. The Kier molecular flexibility index (Phi) is 16.7. The lowest BCUT2D eigenvalue weighted by Gasteiger charge is -2.44. The van der Waals surface area contributed by atoms with Crippen molar-refractivity contribution in [2.24, 2.45) is 0 Å². The van der Waals surface area contributed by atoms with Crippen molar-refractivity contribution >= 4 is 53.7 Å². The van der Waals surface area contributed by atoms with Gasteiger partial charge in [0.25, 0.3) is 0 Å². The van der Waals surface area contributed by atoms with Crippen molar-refractivity contribution in [3.8, 4) is 0 Å². The first kappa shape index (κ1) is 49.9. The quantitative estimate of drug-likeness (QED) is 0.0335. The monoisotopic (exact) mass is 864 g/mol. The summed E-state index contributed by atoms with van der Waals surface area (Å²) < 4.78 is 31.5. The van der Waals surface area contributed by atoms with Gasteiger partial charge in [-0.05, 0) is 0 Å². The van der Waals surface area contributed by atoms with Gasteiger partial charge in [-0.1, -0.05) is 0 Å². The predicted molar refractivity (Wildman–Crippen MR) is 169 cm³/mol. The third kappa shape index (κ3) is 12.4. The van der Waals surface area contributed by atoms with E-state index in [1.807, 2.05) is 0 Å². The molecule has 0 aromatic rings. The van der Waals surface area contributed by atoms with Crippen molar-refractivity contribution in [2.45, 2.75) is 110 Å². The van der Waals surface area contributed by atoms with Gasteiger partial charge in [-0.3, -0.25) is 28.8 Å². The summed E-state index contributed by atoms with van der Waals surface area (Å²) in [6.07, 6.45) is -29.0. The molecule has 2 aliphatic rings. The van der Waals surface area contributed by atoms with Crippen LogP contribution in [0.4, 0.5) is 0 Å². The molecule has 0 radical (unpaired) electrons. The number of carbonyl (C=O) groups excluding carboxylic acids is 3. The Hall–Kier alpha value is -5.21. The smallest absolute Gasteiger partial charge is 0.336 e. The Morgan fingerprint density at radius 2 is 0.949 bits per heavy atom. The van der Waals surface area contributed by atoms with Crippen LogP contribution in [-0.4, -0.2) is 217 Å². The Bertz CT molecular complexity index is 1630. The van der Waals surface area contributed by atoms with Crippen LogP contribution in [0.1, 0.15) is 38.5 Å². The van der Waals surface area contributed by atoms with Crippen LogP contribution in [0.25, 0.3) is 0 Å². The number of carbonyl (C=O) groups is 9. The van der Waals surface area contributed by atoms with Gasteiger partial charge in [0.2, 0.25) is 5.79 Å². The zero-order valence-corrected chi connectivity index (χ0v) is 29.9. The average molecular weight is 865 g/mol. The fourth-order valence-corrected chi connectivity index (χ4v) is 5.59. The van der Waals surface area contributed by atoms with E-state index in [9.17, 15) is 99.3 Å². The van der Waals surface area contributed by atoms with Gasteiger partial charge in [-0.2, -0.15) is 0 Å². The molecule has 0 amide bonds. The molecule has 334 valence electrons. The first-order chi connectivity index (χ1) is 27.1. The Labute approximate surface area is 327 Å². The number of carboxylic acid groups (broad SMARTS) is 6. The fourth-order valence-electron chi connectivity index (χ4n) is 5.59. The number of carboxylic acids is 6. The van der Waals surface area contributed by atoms with Gasteiger partial charge >= 0.3 is 53.7 Å². The van der Waals surface area contributed by atoms with E-state index in [-0.39, 0.29) is 0 Å². The number of aliphatic carboxylic acids is 6. The van der Waals surface area contributed by atoms with Crippen molar-refractivity contribution < 1.29 is 143 Å². The van der Waals surface area contributed by atoms with Crippen molar-refractivity contribution in [1.29, 1.82) is 0 Å². The third-order valence-corrected chi connectivity index (χ3v) is 8.59. The van der Waals surface area contributed by atoms with E-state index in [1.165, 1.54) is 0 Å². The molecule has 0 aromatic carbocycles. The molecule has 0 aliphatic carbocycles. The second-order valence-electron chi connectivity index (χ2n) is 13.2. The molecular formula is C30H40O29. The molecule has 0 aromatic heterocycles. The second kappa shape index (κ2) is 19.7. The average Bonchev–Trinajstić information content (AvgIpc) is 3.36. The molecule has 0 saturated carbocycles. The molecule has 0 bridgehead atoms. The van der Waals surface area contributed by atoms with Crippen molar-refractivity contribution in [2.75, 3.05) is 19.8 Å². The molecule has 2 heterocycles. The number of rotatable bonds is 23. The van der Waals surface area contributed by atoms with Gasteiger partial charge in [0, 0.05) is 0 Å². The van der Waals surface area contributed by atoms with Gasteiger partial charge in [-0.15, -0.1) is 0 Å². The molecule has 59 heavy (non-hydrogen) atoms. The van der Waals surface area contributed by atoms with Crippen LogP contribution in [0.3, 0.4) is 0 Å². The van der Waals surface area contributed by atoms with Crippen LogP contribution in [0.5, 0.6) is 0 Å². The van der Waals surface area contributed by atoms with Crippen molar-refractivity contribution in [1.82, 2.24) is 0 Å². The Morgan fingerprint density at radius 1 is 0.542 bits per heavy atom. The van der Waals surface area contributed by atoms with Gasteiger partial charge in [0.15, 0.2) is 35.3 Å². The summed E-state index contributed by atoms with van der Waals surface area (Å²) in [5.74, 6) is -22.0. The molecule has 2 rings (SSSR count). The largest absolute Gasteiger partial charge is 0.481 e. The summed E-state index contributed by atoms with van der Waals surface area (Å²) in [6.45, 7) is -4.32. The van der Waals surface area contributed by atoms with Crippen molar-refractivity contribution in [3.05, 3.63) is 0 Å². The zero-order chi connectivity index (χ0) is 45.4. The molecule has 12 atom stereocenters. The fraction of sp³-hybridized carbons (Fsp3) is 0.700. The van der Waals surface area contributed by atoms with Crippen LogP contribution in [0.15, 0.2) is 0 Å². The Balaban J connectivity index is 2.82. The summed E-state index contributed by atoms with van der Waals surface area (Å²) in [6, 6.07) is 0. The van der Waals surface area contributed by atoms with Crippen molar-refractivity contribution in [3.63, 3.8) is 0 Å². The minimum absolute atomic E-state index is 1.15. The number of aliphatic hydroxyl groups is 8. The summed E-state index contributed by atoms with van der Waals surface area (Å²) in [5.41, 5.74) is -10.3. The number of aliphatic hydroxyl groups excluding tert-OH is 5. The number of ether oxygens (including phenoxy) is 6. The van der Waals surface area contributed by atoms with E-state index in [0.717, 1.165) is 0 Å². The predicted octanol–water partition coefficient (Wildman–Crippen LogP) is -7.70. The van der Waals surface area contributed by atoms with E-state index in [4.69, 9.17) is 43.7 Å². The van der Waals surface area contributed by atoms with Gasteiger partial charge in [0.05, 0.1) is 51.7 Å². The molecule has 2 saturated heterocycles. The van der Waals surface area contributed by atoms with Crippen LogP contribution >= 0.6 is 0 Å². The van der Waals surface area contributed by atoms with E-state index in [1.54, 1.807) is 0 Å². The van der Waals surface area contributed by atoms with Crippen LogP contribution < -0.4 is 0 Å². The molecule has 29 nitrogen and oxygen atoms in total. The molecule has 2 aliphatic heterocycles. The summed E-state index contributed by atoms with van der Waals surface area (Å²) >= 11 is 0. The highest BCUT2D eigenvalue weighted by Crippen LogP contribution is 2.41. The number of hydrogen-bond donors (Lipinski definition) is 14. The van der Waals surface area contributed by atoms with Crippen LogP contribution in [0, 0.1) is 0 Å². The molecular weight excluding hydrogens is 824 g/mol. The first-order valence-corrected chi connectivity index (χ1v) is 16.4. The highest BCUT2D eigenvalue weighted by Gasteiger charge is 2.64. The maximum absolute atomic E-state index is 13.3. The summed E-state index contributed by atoms with van der Waals surface area (Å²) in [4.78, 5) is 108. The highest BCUT2D eigenvalue weighted by molar-refractivity contribution is 5.90. The molecule has 29 heteroatoms. The number of hydrogen-bond acceptors (Lipinski definition) is 23. The molecule has 0 spiro atoms. The van der Waals surface area contributed by atoms with Gasteiger partial charge < -0.3 is 99.9 Å². The summed E-state index contributed by atoms with van der Waals surface area (Å²) in [5, 5.41) is 138. The lowest BCUT2D eigenvalue weighted by Crippen LogP contribution is -2.63. The topological polar surface area (TPSA) is 492 Å². The first-order valence-electron chi connectivity index (χ1n) is 16.4. The van der Waals surface area contributed by atoms with E-state index >= 15 is 0 Å². The second-order valence-corrected chi connectivity index (χ2v) is 13.2. The lowest BCUT2D eigenvalue weighted by atomic mass is 9.95. The molecule has 2 fully saturated rings.